The second-order valence-electron chi connectivity index (χ2n) is 7.92. The van der Waals surface area contributed by atoms with E-state index in [0.717, 1.165) is 21.6 Å². The molecule has 180 valence electrons. The highest BCUT2D eigenvalue weighted by atomic mass is 35.5. The van der Waals surface area contributed by atoms with Gasteiger partial charge in [-0.25, -0.2) is 4.79 Å². The number of carbonyl (C=O) groups is 2. The van der Waals surface area contributed by atoms with E-state index in [1.807, 2.05) is 31.2 Å². The third kappa shape index (κ3) is 5.73. The minimum atomic E-state index is -0.486. The molecule has 1 aliphatic rings. The van der Waals surface area contributed by atoms with Crippen LogP contribution in [-0.2, 0) is 17.9 Å². The van der Waals surface area contributed by atoms with Gasteiger partial charge in [-0.15, -0.1) is 0 Å². The Labute approximate surface area is 218 Å². The number of urea groups is 1. The molecule has 0 bridgehead atoms. The van der Waals surface area contributed by atoms with Gasteiger partial charge in [-0.2, -0.15) is 0 Å². The van der Waals surface area contributed by atoms with Gasteiger partial charge in [0.1, 0.15) is 12.3 Å². The smallest absolute Gasteiger partial charge is 0.329 e. The molecule has 4 rings (SSSR count). The Kier molecular flexibility index (Phi) is 7.55. The van der Waals surface area contributed by atoms with Crippen LogP contribution < -0.4 is 14.8 Å². The van der Waals surface area contributed by atoms with Crippen LogP contribution >= 0.6 is 34.8 Å². The Bertz CT molecular complexity index is 1320. The topological polar surface area (TPSA) is 67.9 Å². The summed E-state index contributed by atoms with van der Waals surface area (Å²) in [6.07, 6.45) is 1.55. The van der Waals surface area contributed by atoms with Gasteiger partial charge in [0.05, 0.1) is 18.7 Å². The van der Waals surface area contributed by atoms with E-state index in [4.69, 9.17) is 44.3 Å². The summed E-state index contributed by atoms with van der Waals surface area (Å²) in [7, 11) is 1.48. The molecule has 3 amide bonds. The number of ether oxygens (including phenoxy) is 2. The zero-order chi connectivity index (χ0) is 25.1. The Balaban J connectivity index is 1.53. The van der Waals surface area contributed by atoms with Crippen LogP contribution in [0.25, 0.3) is 6.08 Å². The van der Waals surface area contributed by atoms with E-state index < -0.39 is 11.9 Å². The average Bonchev–Trinajstić information content (AvgIpc) is 3.07. The van der Waals surface area contributed by atoms with E-state index in [1.54, 1.807) is 36.4 Å². The van der Waals surface area contributed by atoms with Gasteiger partial charge >= 0.3 is 6.03 Å². The Morgan fingerprint density at radius 3 is 2.40 bits per heavy atom. The number of imide groups is 1. The van der Waals surface area contributed by atoms with Crippen molar-refractivity contribution in [3.63, 3.8) is 0 Å². The third-order valence-electron chi connectivity index (χ3n) is 5.37. The maximum Gasteiger partial charge on any atom is 0.329 e. The Morgan fingerprint density at radius 1 is 0.971 bits per heavy atom. The van der Waals surface area contributed by atoms with E-state index in [1.165, 1.54) is 7.11 Å². The number of nitrogens with zero attached hydrogens (tertiary/aromatic N) is 1. The second-order valence-corrected chi connectivity index (χ2v) is 9.17. The van der Waals surface area contributed by atoms with E-state index >= 15 is 0 Å². The summed E-state index contributed by atoms with van der Waals surface area (Å²) in [6.45, 7) is 2.29. The molecule has 3 aromatic rings. The number of aryl methyl sites for hydroxylation is 1. The van der Waals surface area contributed by atoms with Gasteiger partial charge in [0.2, 0.25) is 0 Å². The predicted octanol–water partition coefficient (Wildman–Crippen LogP) is 6.64. The molecule has 1 N–H and O–H groups in total. The van der Waals surface area contributed by atoms with Gasteiger partial charge in [-0.3, -0.25) is 9.69 Å². The number of carbonyl (C=O) groups excluding carboxylic acids is 2. The van der Waals surface area contributed by atoms with E-state index in [2.05, 4.69) is 5.32 Å². The molecule has 0 atom stereocenters. The van der Waals surface area contributed by atoms with Crippen molar-refractivity contribution in [2.45, 2.75) is 20.1 Å². The van der Waals surface area contributed by atoms with Crippen molar-refractivity contribution in [2.24, 2.45) is 0 Å². The molecule has 0 unspecified atom stereocenters. The highest BCUT2D eigenvalue weighted by Crippen LogP contribution is 2.38. The zero-order valence-corrected chi connectivity index (χ0v) is 21.2. The normalized spacial score (nSPS) is 14.4. The molecule has 0 aromatic heterocycles. The van der Waals surface area contributed by atoms with E-state index in [-0.39, 0.29) is 23.9 Å². The van der Waals surface area contributed by atoms with Crippen LogP contribution in [-0.4, -0.2) is 23.9 Å². The first-order valence-electron chi connectivity index (χ1n) is 10.6. The maximum absolute atomic E-state index is 12.9. The highest BCUT2D eigenvalue weighted by molar-refractivity contribution is 6.35. The molecule has 6 nitrogen and oxygen atoms in total. The van der Waals surface area contributed by atoms with Crippen LogP contribution in [0.15, 0.2) is 60.3 Å². The summed E-state index contributed by atoms with van der Waals surface area (Å²) < 4.78 is 11.3. The van der Waals surface area contributed by atoms with Crippen molar-refractivity contribution >= 4 is 52.8 Å². The Hall–Kier alpha value is -3.19. The van der Waals surface area contributed by atoms with E-state index in [0.29, 0.717) is 27.1 Å². The lowest BCUT2D eigenvalue weighted by molar-refractivity contribution is -0.123. The molecule has 1 aliphatic heterocycles. The fraction of sp³-hybridized carbons (Fsp3) is 0.154. The van der Waals surface area contributed by atoms with Gasteiger partial charge in [-0.1, -0.05) is 70.7 Å². The maximum atomic E-state index is 12.9. The van der Waals surface area contributed by atoms with Crippen LogP contribution in [0.2, 0.25) is 15.1 Å². The second kappa shape index (κ2) is 10.6. The van der Waals surface area contributed by atoms with Crippen molar-refractivity contribution in [2.75, 3.05) is 7.11 Å². The monoisotopic (exact) mass is 530 g/mol. The van der Waals surface area contributed by atoms with Crippen molar-refractivity contribution in [1.82, 2.24) is 10.2 Å². The molecule has 1 fully saturated rings. The average molecular weight is 532 g/mol. The molecule has 0 aliphatic carbocycles. The summed E-state index contributed by atoms with van der Waals surface area (Å²) in [5.74, 6) is 0.260. The first kappa shape index (κ1) is 24.9. The zero-order valence-electron chi connectivity index (χ0n) is 18.9. The summed E-state index contributed by atoms with van der Waals surface area (Å²) in [5, 5.41) is 3.89. The number of rotatable bonds is 7. The highest BCUT2D eigenvalue weighted by Gasteiger charge is 2.33. The first-order chi connectivity index (χ1) is 16.7. The van der Waals surface area contributed by atoms with Crippen molar-refractivity contribution < 1.29 is 19.1 Å². The van der Waals surface area contributed by atoms with Gasteiger partial charge in [0.15, 0.2) is 11.5 Å². The SMILES string of the molecule is COc1cc(/C=C2/NC(=O)N(Cc3ccc(C)cc3)C2=O)cc(Cl)c1OCc1ccc(Cl)cc1Cl. The largest absolute Gasteiger partial charge is 0.493 e. The molecular weight excluding hydrogens is 511 g/mol. The number of amides is 3. The molecule has 1 heterocycles. The third-order valence-corrected chi connectivity index (χ3v) is 6.24. The lowest BCUT2D eigenvalue weighted by atomic mass is 10.1. The molecule has 3 aromatic carbocycles. The first-order valence-corrected chi connectivity index (χ1v) is 11.7. The summed E-state index contributed by atoms with van der Waals surface area (Å²) in [4.78, 5) is 26.5. The molecular formula is C26H21Cl3N2O4. The van der Waals surface area contributed by atoms with E-state index in [9.17, 15) is 9.59 Å². The predicted molar refractivity (Wildman–Crippen MR) is 137 cm³/mol. The van der Waals surface area contributed by atoms with Crippen molar-refractivity contribution in [1.29, 1.82) is 0 Å². The summed E-state index contributed by atoms with van der Waals surface area (Å²) >= 11 is 18.6. The molecule has 9 heteroatoms. The number of halogens is 3. The van der Waals surface area contributed by atoms with Crippen molar-refractivity contribution in [3.8, 4) is 11.5 Å². The quantitative estimate of drug-likeness (QED) is 0.274. The van der Waals surface area contributed by atoms with Gasteiger partial charge < -0.3 is 14.8 Å². The molecule has 0 spiro atoms. The van der Waals surface area contributed by atoms with Crippen LogP contribution in [0.5, 0.6) is 11.5 Å². The lowest BCUT2D eigenvalue weighted by Gasteiger charge is -2.14. The number of hydrogen-bond acceptors (Lipinski definition) is 4. The summed E-state index contributed by atoms with van der Waals surface area (Å²) in [6, 6.07) is 15.6. The van der Waals surface area contributed by atoms with Gasteiger partial charge in [-0.05, 0) is 48.4 Å². The number of methoxy groups -OCH3 is 1. The van der Waals surface area contributed by atoms with Gasteiger partial charge in [0.25, 0.3) is 5.91 Å². The fourth-order valence-electron chi connectivity index (χ4n) is 3.51. The summed E-state index contributed by atoms with van der Waals surface area (Å²) in [5.41, 5.74) is 3.38. The molecule has 35 heavy (non-hydrogen) atoms. The molecule has 1 saturated heterocycles. The molecule has 0 saturated carbocycles. The number of hydrogen-bond donors (Lipinski definition) is 1. The number of nitrogens with one attached hydrogen (secondary N) is 1. The molecule has 0 radical (unpaired) electrons. The number of benzene rings is 3. The van der Waals surface area contributed by atoms with Crippen molar-refractivity contribution in [3.05, 3.63) is 97.6 Å². The van der Waals surface area contributed by atoms with Crippen LogP contribution in [0.1, 0.15) is 22.3 Å². The minimum absolute atomic E-state index is 0.141. The lowest BCUT2D eigenvalue weighted by Crippen LogP contribution is -2.30. The van der Waals surface area contributed by atoms with Gasteiger partial charge in [0, 0.05) is 15.6 Å². The Morgan fingerprint density at radius 2 is 1.71 bits per heavy atom. The fourth-order valence-corrected chi connectivity index (χ4v) is 4.25. The van der Waals surface area contributed by atoms with Crippen LogP contribution in [0.4, 0.5) is 4.79 Å². The standard InChI is InChI=1S/C26H21Cl3N2O4/c1-15-3-5-16(6-4-15)13-31-25(32)22(30-26(31)33)10-17-9-21(29)24(23(11-17)34-2)35-14-18-7-8-19(27)12-20(18)28/h3-12H,13-14H2,1-2H3,(H,30,33)/b22-10+. The van der Waals surface area contributed by atoms with Crippen LogP contribution in [0, 0.1) is 6.92 Å². The van der Waals surface area contributed by atoms with Crippen LogP contribution in [0.3, 0.4) is 0 Å². The minimum Gasteiger partial charge on any atom is -0.493 e.